The number of imide groups is 1. The van der Waals surface area contributed by atoms with Gasteiger partial charge in [-0.15, -0.1) is 0 Å². The fourth-order valence-electron chi connectivity index (χ4n) is 1.39. The topological polar surface area (TPSA) is 93.7 Å². The molecule has 0 aliphatic heterocycles. The summed E-state index contributed by atoms with van der Waals surface area (Å²) in [5.74, 6) is -1.00. The standard InChI is InChI=1S/C14H17ClN2O5/c1-3-16-14(20)17-12(18)8-21-13(19)9(2)22-11-6-4-10(15)5-7-11/h4-7,9H,3,8H2,1-2H3,(H2,16,17,18,20)/t9-/m1/s1. The molecule has 0 bridgehead atoms. The summed E-state index contributed by atoms with van der Waals surface area (Å²) in [5.41, 5.74) is 0. The molecule has 0 aliphatic rings. The smallest absolute Gasteiger partial charge is 0.347 e. The van der Waals surface area contributed by atoms with Crippen LogP contribution in [0.3, 0.4) is 0 Å². The SMILES string of the molecule is CCNC(=O)NC(=O)COC(=O)[C@@H](C)Oc1ccc(Cl)cc1. The van der Waals surface area contributed by atoms with Gasteiger partial charge in [0.05, 0.1) is 0 Å². The van der Waals surface area contributed by atoms with E-state index in [2.05, 4.69) is 5.32 Å². The summed E-state index contributed by atoms with van der Waals surface area (Å²) in [6.07, 6.45) is -0.904. The number of benzene rings is 1. The van der Waals surface area contributed by atoms with Crippen molar-refractivity contribution in [2.24, 2.45) is 0 Å². The first kappa shape index (κ1) is 17.8. The van der Waals surface area contributed by atoms with Crippen LogP contribution >= 0.6 is 11.6 Å². The molecule has 0 aliphatic carbocycles. The molecule has 1 atom stereocenters. The Morgan fingerprint density at radius 3 is 2.45 bits per heavy atom. The molecule has 22 heavy (non-hydrogen) atoms. The molecule has 8 heteroatoms. The maximum Gasteiger partial charge on any atom is 0.347 e. The van der Waals surface area contributed by atoms with Gasteiger partial charge in [0.2, 0.25) is 0 Å². The van der Waals surface area contributed by atoms with Crippen LogP contribution in [0.1, 0.15) is 13.8 Å². The first-order valence-corrected chi connectivity index (χ1v) is 6.96. The summed E-state index contributed by atoms with van der Waals surface area (Å²) in [5, 5.41) is 4.93. The molecule has 120 valence electrons. The lowest BCUT2D eigenvalue weighted by atomic mass is 10.3. The fourth-order valence-corrected chi connectivity index (χ4v) is 1.51. The van der Waals surface area contributed by atoms with Crippen molar-refractivity contribution in [2.45, 2.75) is 20.0 Å². The van der Waals surface area contributed by atoms with Crippen LogP contribution in [0, 0.1) is 0 Å². The van der Waals surface area contributed by atoms with Crippen LogP contribution in [0.4, 0.5) is 4.79 Å². The molecule has 0 aromatic heterocycles. The highest BCUT2D eigenvalue weighted by atomic mass is 35.5. The molecule has 0 radical (unpaired) electrons. The minimum atomic E-state index is -0.904. The zero-order valence-corrected chi connectivity index (χ0v) is 13.0. The quantitative estimate of drug-likeness (QED) is 0.772. The first-order valence-electron chi connectivity index (χ1n) is 6.59. The number of hydrogen-bond donors (Lipinski definition) is 2. The Kier molecular flexibility index (Phi) is 7.18. The predicted molar refractivity (Wildman–Crippen MR) is 79.7 cm³/mol. The summed E-state index contributed by atoms with van der Waals surface area (Å²) in [7, 11) is 0. The molecule has 3 amide bonds. The van der Waals surface area contributed by atoms with Crippen molar-refractivity contribution < 1.29 is 23.9 Å². The largest absolute Gasteiger partial charge is 0.479 e. The minimum Gasteiger partial charge on any atom is -0.479 e. The molecule has 1 aromatic carbocycles. The first-order chi connectivity index (χ1) is 10.4. The van der Waals surface area contributed by atoms with Gasteiger partial charge in [-0.25, -0.2) is 9.59 Å². The van der Waals surface area contributed by atoms with E-state index in [1.807, 2.05) is 5.32 Å². The van der Waals surface area contributed by atoms with Gasteiger partial charge in [-0.2, -0.15) is 0 Å². The maximum absolute atomic E-state index is 11.7. The lowest BCUT2D eigenvalue weighted by molar-refractivity contribution is -0.154. The van der Waals surface area contributed by atoms with Crippen molar-refractivity contribution in [3.05, 3.63) is 29.3 Å². The van der Waals surface area contributed by atoms with Crippen LogP contribution in [0.2, 0.25) is 5.02 Å². The molecule has 7 nitrogen and oxygen atoms in total. The third-order valence-electron chi connectivity index (χ3n) is 2.39. The number of rotatable bonds is 6. The van der Waals surface area contributed by atoms with Gasteiger partial charge in [-0.05, 0) is 38.1 Å². The van der Waals surface area contributed by atoms with Gasteiger partial charge in [-0.3, -0.25) is 10.1 Å². The van der Waals surface area contributed by atoms with Crippen LogP contribution in [0.15, 0.2) is 24.3 Å². The van der Waals surface area contributed by atoms with Gasteiger partial charge in [0, 0.05) is 11.6 Å². The van der Waals surface area contributed by atoms with Gasteiger partial charge >= 0.3 is 12.0 Å². The lowest BCUT2D eigenvalue weighted by Crippen LogP contribution is -2.41. The molecular formula is C14H17ClN2O5. The molecule has 0 unspecified atom stereocenters. The highest BCUT2D eigenvalue weighted by Crippen LogP contribution is 2.17. The zero-order valence-electron chi connectivity index (χ0n) is 12.2. The van der Waals surface area contributed by atoms with E-state index in [1.54, 1.807) is 31.2 Å². The molecule has 1 aromatic rings. The molecule has 2 N–H and O–H groups in total. The summed E-state index contributed by atoms with van der Waals surface area (Å²) in [6, 6.07) is 5.81. The normalized spacial score (nSPS) is 11.2. The van der Waals surface area contributed by atoms with Crippen molar-refractivity contribution in [3.63, 3.8) is 0 Å². The van der Waals surface area contributed by atoms with E-state index in [4.69, 9.17) is 21.1 Å². The zero-order chi connectivity index (χ0) is 16.5. The molecule has 1 rings (SSSR count). The van der Waals surface area contributed by atoms with Gasteiger partial charge in [0.15, 0.2) is 12.7 Å². The van der Waals surface area contributed by atoms with Gasteiger partial charge in [0.1, 0.15) is 5.75 Å². The van der Waals surface area contributed by atoms with Gasteiger partial charge in [-0.1, -0.05) is 11.6 Å². The summed E-state index contributed by atoms with van der Waals surface area (Å²) < 4.78 is 10.1. The van der Waals surface area contributed by atoms with Crippen molar-refractivity contribution in [1.29, 1.82) is 0 Å². The van der Waals surface area contributed by atoms with Crippen LogP contribution < -0.4 is 15.4 Å². The third-order valence-corrected chi connectivity index (χ3v) is 2.65. The molecular weight excluding hydrogens is 312 g/mol. The Hall–Kier alpha value is -2.28. The van der Waals surface area contributed by atoms with E-state index in [-0.39, 0.29) is 0 Å². The van der Waals surface area contributed by atoms with E-state index in [9.17, 15) is 14.4 Å². The monoisotopic (exact) mass is 328 g/mol. The number of ether oxygens (including phenoxy) is 2. The Morgan fingerprint density at radius 2 is 1.86 bits per heavy atom. The second-order valence-electron chi connectivity index (χ2n) is 4.23. The average Bonchev–Trinajstić information content (AvgIpc) is 2.47. The number of carbonyl (C=O) groups excluding carboxylic acids is 3. The fraction of sp³-hybridized carbons (Fsp3) is 0.357. The highest BCUT2D eigenvalue weighted by molar-refractivity contribution is 6.30. The molecule has 0 saturated carbocycles. The number of amides is 3. The molecule has 0 fully saturated rings. The number of carbonyl (C=O) groups is 3. The molecule has 0 saturated heterocycles. The third kappa shape index (κ3) is 6.45. The van der Waals surface area contributed by atoms with Gasteiger partial charge in [0.25, 0.3) is 5.91 Å². The number of esters is 1. The van der Waals surface area contributed by atoms with Crippen LogP contribution in [-0.2, 0) is 14.3 Å². The van der Waals surface area contributed by atoms with E-state index < -0.39 is 30.6 Å². The number of nitrogens with one attached hydrogen (secondary N) is 2. The minimum absolute atomic E-state index is 0.380. The van der Waals surface area contributed by atoms with Crippen LogP contribution in [0.25, 0.3) is 0 Å². The average molecular weight is 329 g/mol. The van der Waals surface area contributed by atoms with E-state index >= 15 is 0 Å². The Bertz CT molecular complexity index is 533. The second kappa shape index (κ2) is 8.89. The van der Waals surface area contributed by atoms with E-state index in [0.29, 0.717) is 17.3 Å². The summed E-state index contributed by atoms with van der Waals surface area (Å²) in [4.78, 5) is 34.1. The summed E-state index contributed by atoms with van der Waals surface area (Å²) in [6.45, 7) is 3.01. The Labute approximate surface area is 132 Å². The number of hydrogen-bond acceptors (Lipinski definition) is 5. The van der Waals surface area contributed by atoms with Crippen molar-refractivity contribution in [1.82, 2.24) is 10.6 Å². The van der Waals surface area contributed by atoms with Crippen molar-refractivity contribution in [3.8, 4) is 5.75 Å². The Balaban J connectivity index is 2.36. The molecule has 0 heterocycles. The number of halogens is 1. The molecule has 0 spiro atoms. The highest BCUT2D eigenvalue weighted by Gasteiger charge is 2.18. The van der Waals surface area contributed by atoms with E-state index in [1.165, 1.54) is 6.92 Å². The predicted octanol–water partition coefficient (Wildman–Crippen LogP) is 1.50. The Morgan fingerprint density at radius 1 is 1.23 bits per heavy atom. The second-order valence-corrected chi connectivity index (χ2v) is 4.67. The van der Waals surface area contributed by atoms with Crippen LogP contribution in [0.5, 0.6) is 5.75 Å². The summed E-state index contributed by atoms with van der Waals surface area (Å²) >= 11 is 5.73. The number of urea groups is 1. The van der Waals surface area contributed by atoms with Crippen LogP contribution in [-0.4, -0.2) is 37.2 Å². The maximum atomic E-state index is 11.7. The van der Waals surface area contributed by atoms with E-state index in [0.717, 1.165) is 0 Å². The van der Waals surface area contributed by atoms with Gasteiger partial charge < -0.3 is 14.8 Å². The van der Waals surface area contributed by atoms with Crippen molar-refractivity contribution in [2.75, 3.05) is 13.2 Å². The van der Waals surface area contributed by atoms with Crippen molar-refractivity contribution >= 4 is 29.5 Å². The lowest BCUT2D eigenvalue weighted by Gasteiger charge is -2.13.